The number of rotatable bonds is 3. The van der Waals surface area contributed by atoms with Gasteiger partial charge in [0.15, 0.2) is 0 Å². The van der Waals surface area contributed by atoms with E-state index >= 15 is 0 Å². The topological polar surface area (TPSA) is 46.4 Å². The van der Waals surface area contributed by atoms with Crippen LogP contribution in [0, 0.1) is 10.1 Å². The maximum absolute atomic E-state index is 10.8. The summed E-state index contributed by atoms with van der Waals surface area (Å²) in [7, 11) is 1.80. The van der Waals surface area contributed by atoms with Crippen molar-refractivity contribution < 1.29 is 4.92 Å². The van der Waals surface area contributed by atoms with Crippen LogP contribution in [0.3, 0.4) is 0 Å². The van der Waals surface area contributed by atoms with Crippen LogP contribution in [0.1, 0.15) is 0 Å². The molecule has 4 nitrogen and oxygen atoms in total. The summed E-state index contributed by atoms with van der Waals surface area (Å²) < 4.78 is 0. The molecule has 0 N–H and O–H groups in total. The lowest BCUT2D eigenvalue weighted by Crippen LogP contribution is -2.09. The number of halogens is 2. The minimum atomic E-state index is -0.467. The summed E-state index contributed by atoms with van der Waals surface area (Å²) in [6.07, 6.45) is 0. The zero-order valence-electron chi connectivity index (χ0n) is 10.0. The van der Waals surface area contributed by atoms with Gasteiger partial charge in [0.05, 0.1) is 4.92 Å². The van der Waals surface area contributed by atoms with Gasteiger partial charge in [-0.25, -0.2) is 0 Å². The summed E-state index contributed by atoms with van der Waals surface area (Å²) in [6, 6.07) is 11.6. The summed E-state index contributed by atoms with van der Waals surface area (Å²) in [4.78, 5) is 12.2. The second kappa shape index (κ2) is 5.47. The molecule has 6 heteroatoms. The first kappa shape index (κ1) is 13.6. The van der Waals surface area contributed by atoms with Gasteiger partial charge in [-0.2, -0.15) is 0 Å². The van der Waals surface area contributed by atoms with E-state index in [9.17, 15) is 10.1 Å². The quantitative estimate of drug-likeness (QED) is 0.611. The van der Waals surface area contributed by atoms with Gasteiger partial charge >= 0.3 is 0 Å². The van der Waals surface area contributed by atoms with Crippen LogP contribution in [-0.2, 0) is 0 Å². The average Bonchev–Trinajstić information content (AvgIpc) is 2.38. The van der Waals surface area contributed by atoms with Gasteiger partial charge in [-0.3, -0.25) is 10.1 Å². The van der Waals surface area contributed by atoms with Crippen molar-refractivity contribution in [3.63, 3.8) is 0 Å². The monoisotopic (exact) mass is 296 g/mol. The van der Waals surface area contributed by atoms with E-state index in [1.54, 1.807) is 30.1 Å². The number of hydrogen-bond acceptors (Lipinski definition) is 3. The Morgan fingerprint density at radius 2 is 1.63 bits per heavy atom. The molecule has 0 aromatic heterocycles. The SMILES string of the molecule is CN(c1ccc(Cl)cc1)c1cc(Cl)cc([N+](=O)[O-])c1. The first-order valence-corrected chi connectivity index (χ1v) is 6.17. The third kappa shape index (κ3) is 3.16. The number of nitrogens with zero attached hydrogens (tertiary/aromatic N) is 2. The highest BCUT2D eigenvalue weighted by atomic mass is 35.5. The normalized spacial score (nSPS) is 10.3. The third-order valence-electron chi connectivity index (χ3n) is 2.68. The molecule has 0 saturated carbocycles. The van der Waals surface area contributed by atoms with Crippen molar-refractivity contribution in [1.82, 2.24) is 0 Å². The predicted octanol–water partition coefficient (Wildman–Crippen LogP) is 4.67. The number of anilines is 2. The smallest absolute Gasteiger partial charge is 0.273 e. The number of nitro benzene ring substituents is 1. The van der Waals surface area contributed by atoms with E-state index in [1.807, 2.05) is 12.1 Å². The lowest BCUT2D eigenvalue weighted by Gasteiger charge is -2.19. The summed E-state index contributed by atoms with van der Waals surface area (Å²) in [5.41, 5.74) is 1.46. The molecule has 98 valence electrons. The third-order valence-corrected chi connectivity index (χ3v) is 3.15. The Morgan fingerprint density at radius 1 is 1.00 bits per heavy atom. The Labute approximate surface area is 120 Å². The average molecular weight is 297 g/mol. The molecule has 0 heterocycles. The largest absolute Gasteiger partial charge is 0.344 e. The molecule has 0 aliphatic heterocycles. The molecular formula is C13H10Cl2N2O2. The number of benzene rings is 2. The van der Waals surface area contributed by atoms with Gasteiger partial charge in [0.1, 0.15) is 0 Å². The number of nitro groups is 1. The number of non-ortho nitro benzene ring substituents is 1. The van der Waals surface area contributed by atoms with Crippen molar-refractivity contribution in [2.45, 2.75) is 0 Å². The fraction of sp³-hybridized carbons (Fsp3) is 0.0769. The van der Waals surface area contributed by atoms with Crippen molar-refractivity contribution in [3.05, 3.63) is 62.6 Å². The van der Waals surface area contributed by atoms with Crippen LogP contribution in [-0.4, -0.2) is 12.0 Å². The molecule has 2 aromatic carbocycles. The maximum atomic E-state index is 10.8. The zero-order valence-corrected chi connectivity index (χ0v) is 11.5. The molecule has 0 unspecified atom stereocenters. The minimum Gasteiger partial charge on any atom is -0.344 e. The standard InChI is InChI=1S/C13H10Cl2N2O2/c1-16(11-4-2-9(14)3-5-11)12-6-10(15)7-13(8-12)17(18)19/h2-8H,1H3. The van der Waals surface area contributed by atoms with Gasteiger partial charge < -0.3 is 4.90 Å². The molecule has 0 aliphatic carbocycles. The van der Waals surface area contributed by atoms with E-state index in [4.69, 9.17) is 23.2 Å². The highest BCUT2D eigenvalue weighted by Crippen LogP contribution is 2.30. The fourth-order valence-electron chi connectivity index (χ4n) is 1.67. The summed E-state index contributed by atoms with van der Waals surface area (Å²) >= 11 is 11.7. The van der Waals surface area contributed by atoms with E-state index in [1.165, 1.54) is 12.1 Å². The van der Waals surface area contributed by atoms with Crippen LogP contribution in [0.2, 0.25) is 10.0 Å². The summed E-state index contributed by atoms with van der Waals surface area (Å²) in [5.74, 6) is 0. The Morgan fingerprint density at radius 3 is 2.21 bits per heavy atom. The molecule has 0 spiro atoms. The van der Waals surface area contributed by atoms with Gasteiger partial charge in [0.25, 0.3) is 5.69 Å². The molecule has 0 aliphatic rings. The van der Waals surface area contributed by atoms with Gasteiger partial charge in [-0.05, 0) is 30.3 Å². The van der Waals surface area contributed by atoms with Crippen molar-refractivity contribution in [2.75, 3.05) is 11.9 Å². The molecule has 0 amide bonds. The Bertz CT molecular complexity index is 615. The molecular weight excluding hydrogens is 287 g/mol. The van der Waals surface area contributed by atoms with Gasteiger partial charge in [0, 0.05) is 40.6 Å². The first-order valence-electron chi connectivity index (χ1n) is 5.41. The van der Waals surface area contributed by atoms with Crippen molar-refractivity contribution >= 4 is 40.3 Å². The molecule has 0 bridgehead atoms. The number of hydrogen-bond donors (Lipinski definition) is 0. The van der Waals surface area contributed by atoms with Gasteiger partial charge in [-0.1, -0.05) is 23.2 Å². The van der Waals surface area contributed by atoms with Crippen molar-refractivity contribution in [2.24, 2.45) is 0 Å². The highest BCUT2D eigenvalue weighted by Gasteiger charge is 2.12. The molecule has 0 saturated heterocycles. The molecule has 19 heavy (non-hydrogen) atoms. The van der Waals surface area contributed by atoms with Crippen LogP contribution in [0.15, 0.2) is 42.5 Å². The van der Waals surface area contributed by atoms with Crippen LogP contribution >= 0.6 is 23.2 Å². The van der Waals surface area contributed by atoms with E-state index in [0.29, 0.717) is 15.7 Å². The maximum Gasteiger partial charge on any atom is 0.273 e. The van der Waals surface area contributed by atoms with Crippen LogP contribution in [0.25, 0.3) is 0 Å². The molecule has 0 atom stereocenters. The van der Waals surface area contributed by atoms with E-state index in [-0.39, 0.29) is 5.69 Å². The summed E-state index contributed by atoms with van der Waals surface area (Å²) in [5, 5.41) is 11.8. The Kier molecular flexibility index (Phi) is 3.93. The van der Waals surface area contributed by atoms with Gasteiger partial charge in [-0.15, -0.1) is 0 Å². The second-order valence-electron chi connectivity index (χ2n) is 3.96. The van der Waals surface area contributed by atoms with Crippen LogP contribution in [0.4, 0.5) is 17.1 Å². The Balaban J connectivity index is 2.40. The zero-order chi connectivity index (χ0) is 14.0. The van der Waals surface area contributed by atoms with Crippen LogP contribution in [0.5, 0.6) is 0 Å². The molecule has 2 rings (SSSR count). The highest BCUT2D eigenvalue weighted by molar-refractivity contribution is 6.31. The first-order chi connectivity index (χ1) is 8.97. The van der Waals surface area contributed by atoms with Crippen LogP contribution < -0.4 is 4.90 Å². The summed E-state index contributed by atoms with van der Waals surface area (Å²) in [6.45, 7) is 0. The van der Waals surface area contributed by atoms with E-state index < -0.39 is 4.92 Å². The molecule has 2 aromatic rings. The fourth-order valence-corrected chi connectivity index (χ4v) is 2.02. The minimum absolute atomic E-state index is 0.0386. The van der Waals surface area contributed by atoms with Crippen molar-refractivity contribution in [3.8, 4) is 0 Å². The predicted molar refractivity (Wildman–Crippen MR) is 77.6 cm³/mol. The lowest BCUT2D eigenvalue weighted by atomic mass is 10.2. The Hall–Kier alpha value is -1.78. The van der Waals surface area contributed by atoms with E-state index in [0.717, 1.165) is 5.69 Å². The van der Waals surface area contributed by atoms with E-state index in [2.05, 4.69) is 0 Å². The molecule has 0 radical (unpaired) electrons. The van der Waals surface area contributed by atoms with Crippen molar-refractivity contribution in [1.29, 1.82) is 0 Å². The lowest BCUT2D eigenvalue weighted by molar-refractivity contribution is -0.384. The second-order valence-corrected chi connectivity index (χ2v) is 4.83. The van der Waals surface area contributed by atoms with Gasteiger partial charge in [0.2, 0.25) is 0 Å². The molecule has 0 fully saturated rings.